The van der Waals surface area contributed by atoms with Gasteiger partial charge in [0.25, 0.3) is 0 Å². The lowest BCUT2D eigenvalue weighted by Crippen LogP contribution is -2.41. The van der Waals surface area contributed by atoms with Crippen LogP contribution in [0.4, 0.5) is 5.82 Å². The third-order valence-corrected chi connectivity index (χ3v) is 6.89. The van der Waals surface area contributed by atoms with Gasteiger partial charge in [-0.2, -0.15) is 0 Å². The van der Waals surface area contributed by atoms with Crippen LogP contribution in [-0.4, -0.2) is 41.9 Å². The van der Waals surface area contributed by atoms with Crippen molar-refractivity contribution < 1.29 is 22.5 Å². The SMILES string of the molecule is Cc1cc(NC(=O)C(C)SCC(=O)NCc2ccccc2S(=O)(=O)NC(C)(C)C)no1. The molecule has 0 saturated carbocycles. The number of aryl methyl sites for hydroxylation is 1. The summed E-state index contributed by atoms with van der Waals surface area (Å²) in [4.78, 5) is 24.5. The summed E-state index contributed by atoms with van der Waals surface area (Å²) in [5, 5.41) is 8.53. The monoisotopic (exact) mass is 468 g/mol. The number of sulfonamides is 1. The molecule has 0 fully saturated rings. The van der Waals surface area contributed by atoms with Crippen LogP contribution in [0, 0.1) is 6.92 Å². The summed E-state index contributed by atoms with van der Waals surface area (Å²) in [6.45, 7) is 8.72. The Morgan fingerprint density at radius 3 is 2.52 bits per heavy atom. The van der Waals surface area contributed by atoms with E-state index in [1.165, 1.54) is 6.07 Å². The zero-order chi connectivity index (χ0) is 23.2. The molecule has 1 aromatic heterocycles. The minimum atomic E-state index is -3.73. The Bertz CT molecular complexity index is 1030. The molecule has 2 aromatic rings. The van der Waals surface area contributed by atoms with Crippen LogP contribution in [0.25, 0.3) is 0 Å². The first-order valence-corrected chi connectivity index (χ1v) is 12.1. The van der Waals surface area contributed by atoms with Crippen LogP contribution >= 0.6 is 11.8 Å². The van der Waals surface area contributed by atoms with Crippen molar-refractivity contribution in [3.63, 3.8) is 0 Å². The number of carbonyl (C=O) groups excluding carboxylic acids is 2. The first kappa shape index (κ1) is 24.9. The summed E-state index contributed by atoms with van der Waals surface area (Å²) < 4.78 is 32.8. The summed E-state index contributed by atoms with van der Waals surface area (Å²) in [7, 11) is -3.73. The number of benzene rings is 1. The molecule has 1 aromatic carbocycles. The van der Waals surface area contributed by atoms with Gasteiger partial charge >= 0.3 is 0 Å². The van der Waals surface area contributed by atoms with Crippen molar-refractivity contribution in [1.82, 2.24) is 15.2 Å². The molecule has 2 amide bonds. The minimum Gasteiger partial charge on any atom is -0.360 e. The van der Waals surface area contributed by atoms with Crippen molar-refractivity contribution in [3.8, 4) is 0 Å². The lowest BCUT2D eigenvalue weighted by atomic mass is 10.1. The summed E-state index contributed by atoms with van der Waals surface area (Å²) >= 11 is 1.16. The van der Waals surface area contributed by atoms with Crippen molar-refractivity contribution >= 4 is 39.4 Å². The van der Waals surface area contributed by atoms with Gasteiger partial charge in [0.1, 0.15) is 5.76 Å². The fourth-order valence-corrected chi connectivity index (χ4v) is 4.92. The second-order valence-corrected chi connectivity index (χ2v) is 11.0. The number of nitrogens with one attached hydrogen (secondary N) is 3. The number of hydrogen-bond donors (Lipinski definition) is 3. The second kappa shape index (κ2) is 10.3. The molecule has 0 radical (unpaired) electrons. The fraction of sp³-hybridized carbons (Fsp3) is 0.450. The summed E-state index contributed by atoms with van der Waals surface area (Å²) in [6.07, 6.45) is 0. The van der Waals surface area contributed by atoms with Crippen molar-refractivity contribution in [1.29, 1.82) is 0 Å². The molecule has 0 saturated heterocycles. The van der Waals surface area contributed by atoms with Gasteiger partial charge in [-0.25, -0.2) is 13.1 Å². The standard InChI is InChI=1S/C20H28N4O5S2/c1-13-10-17(23-29-13)22-19(26)14(2)30-12-18(25)21-11-15-8-6-7-9-16(15)31(27,28)24-20(3,4)5/h6-10,14,24H,11-12H2,1-5H3,(H,21,25)(H,22,23,26). The topological polar surface area (TPSA) is 130 Å². The molecule has 2 rings (SSSR count). The zero-order valence-corrected chi connectivity index (χ0v) is 19.8. The largest absolute Gasteiger partial charge is 0.360 e. The number of hydrogen-bond acceptors (Lipinski definition) is 7. The quantitative estimate of drug-likeness (QED) is 0.515. The lowest BCUT2D eigenvalue weighted by Gasteiger charge is -2.21. The van der Waals surface area contributed by atoms with Crippen LogP contribution in [0.15, 0.2) is 39.8 Å². The van der Waals surface area contributed by atoms with Crippen LogP contribution in [0.3, 0.4) is 0 Å². The minimum absolute atomic E-state index is 0.0432. The highest BCUT2D eigenvalue weighted by Crippen LogP contribution is 2.18. The third kappa shape index (κ3) is 8.00. The highest BCUT2D eigenvalue weighted by molar-refractivity contribution is 8.01. The highest BCUT2D eigenvalue weighted by Gasteiger charge is 2.24. The van der Waals surface area contributed by atoms with Crippen LogP contribution < -0.4 is 15.4 Å². The molecule has 0 aliphatic heterocycles. The van der Waals surface area contributed by atoms with E-state index >= 15 is 0 Å². The maximum atomic E-state index is 12.7. The Balaban J connectivity index is 1.89. The smallest absolute Gasteiger partial charge is 0.241 e. The van der Waals surface area contributed by atoms with E-state index in [9.17, 15) is 18.0 Å². The van der Waals surface area contributed by atoms with Gasteiger partial charge in [-0.3, -0.25) is 9.59 Å². The second-order valence-electron chi connectivity index (χ2n) is 8.01. The van der Waals surface area contributed by atoms with Crippen LogP contribution in [0.1, 0.15) is 39.0 Å². The normalized spacial score (nSPS) is 12.9. The molecule has 0 aliphatic rings. The molecule has 0 bridgehead atoms. The van der Waals surface area contributed by atoms with Gasteiger partial charge in [0.05, 0.1) is 15.9 Å². The fourth-order valence-electron chi connectivity index (χ4n) is 2.54. The van der Waals surface area contributed by atoms with Gasteiger partial charge in [0.15, 0.2) is 5.82 Å². The predicted molar refractivity (Wildman–Crippen MR) is 120 cm³/mol. The molecule has 0 aliphatic carbocycles. The zero-order valence-electron chi connectivity index (χ0n) is 18.2. The molecular formula is C20H28N4O5S2. The maximum absolute atomic E-state index is 12.7. The van der Waals surface area contributed by atoms with Crippen LogP contribution in [0.2, 0.25) is 0 Å². The first-order chi connectivity index (χ1) is 14.4. The summed E-state index contributed by atoms with van der Waals surface area (Å²) in [6, 6.07) is 8.10. The maximum Gasteiger partial charge on any atom is 0.241 e. The number of nitrogens with zero attached hydrogens (tertiary/aromatic N) is 1. The average molecular weight is 469 g/mol. The van der Waals surface area contributed by atoms with E-state index in [0.29, 0.717) is 17.1 Å². The molecule has 11 heteroatoms. The Labute approximate surface area is 186 Å². The van der Waals surface area contributed by atoms with Crippen LogP contribution in [-0.2, 0) is 26.2 Å². The molecule has 31 heavy (non-hydrogen) atoms. The van der Waals surface area contributed by atoms with Crippen molar-refractivity contribution in [2.45, 2.75) is 56.8 Å². The molecule has 1 unspecified atom stereocenters. The van der Waals surface area contributed by atoms with Crippen molar-refractivity contribution in [2.24, 2.45) is 0 Å². The number of thioether (sulfide) groups is 1. The van der Waals surface area contributed by atoms with E-state index < -0.39 is 20.8 Å². The Kier molecular flexibility index (Phi) is 8.27. The third-order valence-electron chi connectivity index (χ3n) is 3.89. The molecule has 1 heterocycles. The molecular weight excluding hydrogens is 440 g/mol. The van der Waals surface area contributed by atoms with Crippen molar-refractivity contribution in [2.75, 3.05) is 11.1 Å². The molecule has 170 valence electrons. The Morgan fingerprint density at radius 2 is 1.90 bits per heavy atom. The van der Waals surface area contributed by atoms with Gasteiger partial charge in [0.2, 0.25) is 21.8 Å². The average Bonchev–Trinajstić information content (AvgIpc) is 3.07. The van der Waals surface area contributed by atoms with E-state index in [2.05, 4.69) is 20.5 Å². The summed E-state index contributed by atoms with van der Waals surface area (Å²) in [5.74, 6) is 0.339. The highest BCUT2D eigenvalue weighted by atomic mass is 32.2. The lowest BCUT2D eigenvalue weighted by molar-refractivity contribution is -0.118. The van der Waals surface area contributed by atoms with E-state index in [1.807, 2.05) is 0 Å². The number of rotatable bonds is 9. The number of anilines is 1. The number of aromatic nitrogens is 1. The Hall–Kier alpha value is -2.37. The molecule has 3 N–H and O–H groups in total. The van der Waals surface area contributed by atoms with Gasteiger partial charge in [-0.15, -0.1) is 11.8 Å². The number of amides is 2. The molecule has 9 nitrogen and oxygen atoms in total. The van der Waals surface area contributed by atoms with E-state index in [-0.39, 0.29) is 29.0 Å². The molecule has 1 atom stereocenters. The van der Waals surface area contributed by atoms with Gasteiger partial charge < -0.3 is 15.2 Å². The first-order valence-electron chi connectivity index (χ1n) is 9.62. The summed E-state index contributed by atoms with van der Waals surface area (Å²) in [5.41, 5.74) is -0.155. The van der Waals surface area contributed by atoms with Crippen molar-refractivity contribution in [3.05, 3.63) is 41.7 Å². The van der Waals surface area contributed by atoms with E-state index in [0.717, 1.165) is 11.8 Å². The number of carbonyl (C=O) groups is 2. The van der Waals surface area contributed by atoms with Gasteiger partial charge in [0, 0.05) is 18.2 Å². The Morgan fingerprint density at radius 1 is 1.23 bits per heavy atom. The van der Waals surface area contributed by atoms with Crippen LogP contribution in [0.5, 0.6) is 0 Å². The van der Waals surface area contributed by atoms with Gasteiger partial charge in [-0.1, -0.05) is 23.4 Å². The van der Waals surface area contributed by atoms with E-state index in [1.54, 1.807) is 58.9 Å². The molecule has 0 spiro atoms. The van der Waals surface area contributed by atoms with E-state index in [4.69, 9.17) is 4.52 Å². The predicted octanol–water partition coefficient (Wildman–Crippen LogP) is 2.44. The van der Waals surface area contributed by atoms with Gasteiger partial charge in [-0.05, 0) is 46.2 Å².